The molecule has 0 saturated carbocycles. The Labute approximate surface area is 281 Å². The molecule has 246 valence electrons. The summed E-state index contributed by atoms with van der Waals surface area (Å²) in [5.41, 5.74) is -0.444. The van der Waals surface area contributed by atoms with Crippen LogP contribution in [0.4, 0.5) is 0 Å². The van der Waals surface area contributed by atoms with Gasteiger partial charge in [-0.15, -0.1) is 0 Å². The van der Waals surface area contributed by atoms with Gasteiger partial charge in [0, 0.05) is 31.7 Å². The zero-order valence-corrected chi connectivity index (χ0v) is 31.8. The molecule has 0 radical (unpaired) electrons. The molecule has 10 heteroatoms. The Morgan fingerprint density at radius 2 is 1.29 bits per heavy atom. The number of furan rings is 1. The molecular formula is C35H47IO8Si. The van der Waals surface area contributed by atoms with Crippen molar-refractivity contribution in [1.29, 1.82) is 0 Å². The van der Waals surface area contributed by atoms with Crippen molar-refractivity contribution < 1.29 is 37.7 Å². The third-order valence-corrected chi connectivity index (χ3v) is 9.48. The number of esters is 3. The van der Waals surface area contributed by atoms with E-state index in [0.717, 1.165) is 17.0 Å². The molecule has 0 bridgehead atoms. The topological polar surface area (TPSA) is 101 Å². The molecule has 8 nitrogen and oxygen atoms in total. The van der Waals surface area contributed by atoms with E-state index in [-0.39, 0.29) is 24.1 Å². The molecule has 0 aliphatic rings. The van der Waals surface area contributed by atoms with Crippen LogP contribution >= 0.6 is 22.6 Å². The van der Waals surface area contributed by atoms with Crippen LogP contribution in [0.5, 0.6) is 17.2 Å². The number of hydrogen-bond donors (Lipinski definition) is 0. The lowest BCUT2D eigenvalue weighted by atomic mass is 9.97. The highest BCUT2D eigenvalue weighted by atomic mass is 127. The number of fused-ring (bicyclic) bond motifs is 1. The Morgan fingerprint density at radius 3 is 1.82 bits per heavy atom. The lowest BCUT2D eigenvalue weighted by Crippen LogP contribution is -2.26. The summed E-state index contributed by atoms with van der Waals surface area (Å²) in [6.07, 6.45) is 0. The maximum atomic E-state index is 13.1. The third kappa shape index (κ3) is 9.65. The van der Waals surface area contributed by atoms with Gasteiger partial charge < -0.3 is 23.4 Å². The Bertz CT molecular complexity index is 1580. The first kappa shape index (κ1) is 36.8. The van der Waals surface area contributed by atoms with E-state index >= 15 is 0 Å². The zero-order chi connectivity index (χ0) is 34.1. The number of ether oxygens (including phenoxy) is 4. The van der Waals surface area contributed by atoms with E-state index < -0.39 is 36.3 Å². The van der Waals surface area contributed by atoms with Crippen LogP contribution in [0.2, 0.25) is 25.7 Å². The van der Waals surface area contributed by atoms with Crippen molar-refractivity contribution in [2.75, 3.05) is 6.61 Å². The SMILES string of the molecule is CC(C)(C)C(=O)Oc1ccc(-c2oc3c(I)c(OC(=O)C(C)(C)C)ccc3c2COCC[Si](C)(C)C)c(OC(=O)C(C)(C)C)c1. The summed E-state index contributed by atoms with van der Waals surface area (Å²) in [5, 5.41) is 0.786. The molecule has 3 rings (SSSR count). The van der Waals surface area contributed by atoms with Crippen LogP contribution in [0, 0.1) is 19.8 Å². The summed E-state index contributed by atoms with van der Waals surface area (Å²) < 4.78 is 30.7. The summed E-state index contributed by atoms with van der Waals surface area (Å²) in [7, 11) is -1.33. The summed E-state index contributed by atoms with van der Waals surface area (Å²) in [5.74, 6) is 0.0158. The Morgan fingerprint density at radius 1 is 0.756 bits per heavy atom. The minimum atomic E-state index is -1.33. The molecule has 0 amide bonds. The molecule has 1 aromatic heterocycles. The quantitative estimate of drug-likeness (QED) is 0.0702. The molecule has 0 fully saturated rings. The molecular weight excluding hydrogens is 703 g/mol. The van der Waals surface area contributed by atoms with Gasteiger partial charge in [0.25, 0.3) is 0 Å². The summed E-state index contributed by atoms with van der Waals surface area (Å²) in [6, 6.07) is 9.50. The Balaban J connectivity index is 2.21. The van der Waals surface area contributed by atoms with Crippen LogP contribution in [0.3, 0.4) is 0 Å². The third-order valence-electron chi connectivity index (χ3n) is 6.76. The molecule has 2 aromatic carbocycles. The van der Waals surface area contributed by atoms with Gasteiger partial charge in [0.2, 0.25) is 0 Å². The van der Waals surface area contributed by atoms with Crippen LogP contribution < -0.4 is 14.2 Å². The number of benzene rings is 2. The maximum absolute atomic E-state index is 13.1. The van der Waals surface area contributed by atoms with Crippen molar-refractivity contribution in [3.05, 3.63) is 39.5 Å². The van der Waals surface area contributed by atoms with E-state index in [4.69, 9.17) is 23.4 Å². The fourth-order valence-electron chi connectivity index (χ4n) is 3.76. The van der Waals surface area contributed by atoms with E-state index in [1.807, 2.05) is 6.07 Å². The van der Waals surface area contributed by atoms with Gasteiger partial charge in [-0.3, -0.25) is 14.4 Å². The second-order valence-corrected chi connectivity index (χ2v) is 22.3. The first-order chi connectivity index (χ1) is 20.5. The molecule has 1 heterocycles. The van der Waals surface area contributed by atoms with Crippen LogP contribution in [0.15, 0.2) is 34.7 Å². The standard InChI is InChI=1S/C35H47IO8Si/c1-33(2,3)30(37)41-21-13-14-23(26(19-21)43-32(39)35(7,8)9)28-24(20-40-17-18-45(10,11)12)22-15-16-25(27(36)29(22)44-28)42-31(38)34(4,5)6/h13-16,19H,17-18,20H2,1-12H3. The Kier molecular flexibility index (Phi) is 11.1. The molecule has 0 unspecified atom stereocenters. The Hall–Kier alpha value is -2.70. The fraction of sp³-hybridized carbons (Fsp3) is 0.514. The number of rotatable bonds is 9. The van der Waals surface area contributed by atoms with Crippen LogP contribution in [0.1, 0.15) is 67.9 Å². The van der Waals surface area contributed by atoms with Crippen molar-refractivity contribution in [2.45, 2.75) is 94.6 Å². The van der Waals surface area contributed by atoms with Gasteiger partial charge in [0.05, 0.1) is 32.0 Å². The van der Waals surface area contributed by atoms with Crippen LogP contribution in [0.25, 0.3) is 22.3 Å². The summed E-state index contributed by atoms with van der Waals surface area (Å²) in [4.78, 5) is 38.5. The molecule has 3 aromatic rings. The summed E-state index contributed by atoms with van der Waals surface area (Å²) in [6.45, 7) is 23.7. The van der Waals surface area contributed by atoms with Gasteiger partial charge in [-0.1, -0.05) is 19.6 Å². The van der Waals surface area contributed by atoms with E-state index in [1.165, 1.54) is 6.07 Å². The molecule has 0 spiro atoms. The van der Waals surface area contributed by atoms with Crippen LogP contribution in [-0.2, 0) is 25.7 Å². The van der Waals surface area contributed by atoms with Crippen LogP contribution in [-0.4, -0.2) is 32.6 Å². The highest BCUT2D eigenvalue weighted by molar-refractivity contribution is 14.1. The largest absolute Gasteiger partial charge is 0.454 e. The molecule has 0 aliphatic carbocycles. The first-order valence-corrected chi connectivity index (χ1v) is 19.9. The first-order valence-electron chi connectivity index (χ1n) is 15.1. The lowest BCUT2D eigenvalue weighted by molar-refractivity contribution is -0.144. The predicted octanol–water partition coefficient (Wildman–Crippen LogP) is 9.41. The van der Waals surface area contributed by atoms with Gasteiger partial charge in [0.15, 0.2) is 5.58 Å². The van der Waals surface area contributed by atoms with Gasteiger partial charge >= 0.3 is 17.9 Å². The molecule has 45 heavy (non-hydrogen) atoms. The summed E-state index contributed by atoms with van der Waals surface area (Å²) >= 11 is 2.12. The van der Waals surface area contributed by atoms with Crippen molar-refractivity contribution in [3.8, 4) is 28.6 Å². The van der Waals surface area contributed by atoms with Crippen molar-refractivity contribution in [2.24, 2.45) is 16.2 Å². The maximum Gasteiger partial charge on any atom is 0.316 e. The van der Waals surface area contributed by atoms with E-state index in [1.54, 1.807) is 80.5 Å². The highest BCUT2D eigenvalue weighted by Crippen LogP contribution is 2.44. The molecule has 0 N–H and O–H groups in total. The van der Waals surface area contributed by atoms with Crippen molar-refractivity contribution >= 4 is 59.5 Å². The fourth-order valence-corrected chi connectivity index (χ4v) is 5.21. The average Bonchev–Trinajstić information content (AvgIpc) is 3.25. The number of carbonyl (C=O) groups excluding carboxylic acids is 3. The van der Waals surface area contributed by atoms with Gasteiger partial charge in [0.1, 0.15) is 23.0 Å². The highest BCUT2D eigenvalue weighted by Gasteiger charge is 2.30. The molecule has 0 atom stereocenters. The predicted molar refractivity (Wildman–Crippen MR) is 187 cm³/mol. The molecule has 0 saturated heterocycles. The smallest absolute Gasteiger partial charge is 0.316 e. The van der Waals surface area contributed by atoms with Crippen molar-refractivity contribution in [1.82, 2.24) is 0 Å². The van der Waals surface area contributed by atoms with Gasteiger partial charge in [-0.05, 0) is 115 Å². The van der Waals surface area contributed by atoms with Gasteiger partial charge in [-0.25, -0.2) is 0 Å². The van der Waals surface area contributed by atoms with E-state index in [9.17, 15) is 14.4 Å². The average molecular weight is 751 g/mol. The minimum Gasteiger partial charge on any atom is -0.454 e. The molecule has 0 aliphatic heterocycles. The number of carbonyl (C=O) groups is 3. The van der Waals surface area contributed by atoms with Crippen molar-refractivity contribution in [3.63, 3.8) is 0 Å². The van der Waals surface area contributed by atoms with E-state index in [0.29, 0.717) is 32.8 Å². The normalized spacial score (nSPS) is 12.7. The second kappa shape index (κ2) is 13.6. The van der Waals surface area contributed by atoms with Gasteiger partial charge in [-0.2, -0.15) is 0 Å². The second-order valence-electron chi connectivity index (χ2n) is 15.6. The lowest BCUT2D eigenvalue weighted by Gasteiger charge is -2.20. The van der Waals surface area contributed by atoms with E-state index in [2.05, 4.69) is 42.2 Å². The zero-order valence-electron chi connectivity index (χ0n) is 28.7. The minimum absolute atomic E-state index is 0.186. The number of hydrogen-bond acceptors (Lipinski definition) is 8. The number of halogens is 1. The monoisotopic (exact) mass is 750 g/mol.